The second-order valence-electron chi connectivity index (χ2n) is 7.26. The highest BCUT2D eigenvalue weighted by atomic mass is 16.5. The van der Waals surface area contributed by atoms with E-state index in [1.807, 2.05) is 18.2 Å². The summed E-state index contributed by atoms with van der Waals surface area (Å²) < 4.78 is 10.6. The van der Waals surface area contributed by atoms with Gasteiger partial charge in [-0.05, 0) is 55.6 Å². The van der Waals surface area contributed by atoms with Crippen LogP contribution in [0.25, 0.3) is 0 Å². The lowest BCUT2D eigenvalue weighted by Crippen LogP contribution is -2.35. The first-order valence-electron chi connectivity index (χ1n) is 10.2. The van der Waals surface area contributed by atoms with E-state index in [1.165, 1.54) is 18.4 Å². The number of ether oxygens (including phenoxy) is 2. The van der Waals surface area contributed by atoms with Crippen molar-refractivity contribution in [2.75, 3.05) is 40.4 Å². The number of benzene rings is 2. The van der Waals surface area contributed by atoms with Crippen molar-refractivity contribution in [1.82, 2.24) is 10.2 Å². The predicted octanol–water partition coefficient (Wildman–Crippen LogP) is 2.99. The van der Waals surface area contributed by atoms with Gasteiger partial charge in [-0.25, -0.2) is 0 Å². The maximum absolute atomic E-state index is 6.14. The first-order valence-corrected chi connectivity index (χ1v) is 10.2. The van der Waals surface area contributed by atoms with Crippen LogP contribution in [0.15, 0.2) is 53.5 Å². The Hall–Kier alpha value is -2.73. The lowest BCUT2D eigenvalue weighted by atomic mass is 10.1. The molecule has 0 amide bonds. The summed E-state index contributed by atoms with van der Waals surface area (Å²) in [6, 6.07) is 16.8. The van der Waals surface area contributed by atoms with Gasteiger partial charge in [-0.1, -0.05) is 36.4 Å². The molecular formula is C23H32N4O2. The average molecular weight is 397 g/mol. The maximum Gasteiger partial charge on any atom is 0.188 e. The zero-order valence-corrected chi connectivity index (χ0v) is 17.4. The van der Waals surface area contributed by atoms with Crippen LogP contribution in [-0.4, -0.2) is 51.3 Å². The summed E-state index contributed by atoms with van der Waals surface area (Å²) in [6.07, 6.45) is 3.34. The third kappa shape index (κ3) is 5.87. The molecule has 3 N–H and O–H groups in total. The van der Waals surface area contributed by atoms with Crippen molar-refractivity contribution in [2.24, 2.45) is 10.7 Å². The van der Waals surface area contributed by atoms with Crippen LogP contribution in [0.4, 0.5) is 0 Å². The van der Waals surface area contributed by atoms with Crippen LogP contribution in [0.1, 0.15) is 30.0 Å². The van der Waals surface area contributed by atoms with E-state index in [-0.39, 0.29) is 6.04 Å². The number of hydrogen-bond acceptors (Lipinski definition) is 4. The zero-order chi connectivity index (χ0) is 20.5. The van der Waals surface area contributed by atoms with Gasteiger partial charge in [0.2, 0.25) is 0 Å². The van der Waals surface area contributed by atoms with Gasteiger partial charge in [-0.2, -0.15) is 0 Å². The van der Waals surface area contributed by atoms with E-state index in [0.29, 0.717) is 19.0 Å². The number of methoxy groups -OCH3 is 2. The molecule has 0 aromatic heterocycles. The quantitative estimate of drug-likeness (QED) is 0.504. The molecule has 2 aromatic carbocycles. The Labute approximate surface area is 173 Å². The number of aliphatic imine (C=N–C) groups is 1. The van der Waals surface area contributed by atoms with Crippen LogP contribution in [0.3, 0.4) is 0 Å². The van der Waals surface area contributed by atoms with Gasteiger partial charge in [-0.15, -0.1) is 0 Å². The summed E-state index contributed by atoms with van der Waals surface area (Å²) >= 11 is 0. The average Bonchev–Trinajstić information content (AvgIpc) is 3.29. The molecule has 29 heavy (non-hydrogen) atoms. The lowest BCUT2D eigenvalue weighted by molar-refractivity contribution is 0.251. The molecule has 1 aliphatic heterocycles. The van der Waals surface area contributed by atoms with Crippen LogP contribution < -0.4 is 20.5 Å². The van der Waals surface area contributed by atoms with Gasteiger partial charge in [0.05, 0.1) is 26.8 Å². The summed E-state index contributed by atoms with van der Waals surface area (Å²) in [6.45, 7) is 3.63. The standard InChI is InChI=1S/C23H32N4O2/c1-28-21-11-10-18(16-22(21)29-2)12-13-25-23(24)26-17-20(27-14-6-7-15-27)19-8-4-3-5-9-19/h3-5,8-11,16,20H,6-7,12-15,17H2,1-2H3,(H3,24,25,26). The molecule has 0 aliphatic carbocycles. The van der Waals surface area contributed by atoms with Crippen LogP contribution in [0.2, 0.25) is 0 Å². The molecule has 1 fully saturated rings. The Morgan fingerprint density at radius 1 is 1.07 bits per heavy atom. The van der Waals surface area contributed by atoms with E-state index in [0.717, 1.165) is 36.6 Å². The van der Waals surface area contributed by atoms with E-state index < -0.39 is 0 Å². The Kier molecular flexibility index (Phi) is 7.76. The molecule has 0 radical (unpaired) electrons. The smallest absolute Gasteiger partial charge is 0.188 e. The van der Waals surface area contributed by atoms with Gasteiger partial charge in [0.1, 0.15) is 0 Å². The Balaban J connectivity index is 1.54. The van der Waals surface area contributed by atoms with Gasteiger partial charge < -0.3 is 20.5 Å². The molecule has 1 atom stereocenters. The van der Waals surface area contributed by atoms with Crippen molar-refractivity contribution in [2.45, 2.75) is 25.3 Å². The number of nitrogens with zero attached hydrogens (tertiary/aromatic N) is 2. The zero-order valence-electron chi connectivity index (χ0n) is 17.4. The van der Waals surface area contributed by atoms with Crippen LogP contribution in [-0.2, 0) is 6.42 Å². The lowest BCUT2D eigenvalue weighted by Gasteiger charge is -2.26. The van der Waals surface area contributed by atoms with E-state index in [2.05, 4.69) is 45.5 Å². The van der Waals surface area contributed by atoms with Crippen molar-refractivity contribution in [3.8, 4) is 11.5 Å². The van der Waals surface area contributed by atoms with Gasteiger partial charge in [0.15, 0.2) is 17.5 Å². The topological polar surface area (TPSA) is 72.1 Å². The highest BCUT2D eigenvalue weighted by molar-refractivity contribution is 5.77. The molecule has 0 saturated carbocycles. The van der Waals surface area contributed by atoms with Crippen LogP contribution in [0.5, 0.6) is 11.5 Å². The number of nitrogens with one attached hydrogen (secondary N) is 1. The predicted molar refractivity (Wildman–Crippen MR) is 118 cm³/mol. The number of nitrogens with two attached hydrogens (primary N) is 1. The van der Waals surface area contributed by atoms with Gasteiger partial charge in [0, 0.05) is 6.54 Å². The Bertz CT molecular complexity index is 789. The van der Waals surface area contributed by atoms with E-state index >= 15 is 0 Å². The number of likely N-dealkylation sites (tertiary alicyclic amines) is 1. The van der Waals surface area contributed by atoms with Gasteiger partial charge >= 0.3 is 0 Å². The summed E-state index contributed by atoms with van der Waals surface area (Å²) in [5.41, 5.74) is 8.60. The SMILES string of the molecule is COc1ccc(CCNC(N)=NCC(c2ccccc2)N2CCCC2)cc1OC. The van der Waals surface area contributed by atoms with Crippen molar-refractivity contribution in [3.05, 3.63) is 59.7 Å². The minimum Gasteiger partial charge on any atom is -0.493 e. The molecule has 3 rings (SSSR count). The maximum atomic E-state index is 6.14. The van der Waals surface area contributed by atoms with Crippen molar-refractivity contribution < 1.29 is 9.47 Å². The van der Waals surface area contributed by atoms with Gasteiger partial charge in [0.25, 0.3) is 0 Å². The summed E-state index contributed by atoms with van der Waals surface area (Å²) in [5, 5.41) is 3.23. The van der Waals surface area contributed by atoms with Crippen molar-refractivity contribution >= 4 is 5.96 Å². The second-order valence-corrected chi connectivity index (χ2v) is 7.26. The largest absolute Gasteiger partial charge is 0.493 e. The first kappa shape index (κ1) is 21.0. The summed E-state index contributed by atoms with van der Waals surface area (Å²) in [4.78, 5) is 7.14. The van der Waals surface area contributed by atoms with Crippen LogP contribution in [0, 0.1) is 0 Å². The number of rotatable bonds is 9. The Morgan fingerprint density at radius 2 is 1.79 bits per heavy atom. The third-order valence-corrected chi connectivity index (χ3v) is 5.37. The normalized spacial score (nSPS) is 15.9. The van der Waals surface area contributed by atoms with E-state index in [1.54, 1.807) is 14.2 Å². The molecule has 1 unspecified atom stereocenters. The fraction of sp³-hybridized carbons (Fsp3) is 0.435. The summed E-state index contributed by atoms with van der Waals surface area (Å²) in [7, 11) is 3.29. The molecule has 0 bridgehead atoms. The molecule has 0 spiro atoms. The van der Waals surface area contributed by atoms with Crippen LogP contribution >= 0.6 is 0 Å². The monoisotopic (exact) mass is 396 g/mol. The second kappa shape index (κ2) is 10.7. The number of guanidine groups is 1. The summed E-state index contributed by atoms with van der Waals surface area (Å²) in [5.74, 6) is 1.97. The molecular weight excluding hydrogens is 364 g/mol. The van der Waals surface area contributed by atoms with Crippen molar-refractivity contribution in [3.63, 3.8) is 0 Å². The molecule has 1 heterocycles. The third-order valence-electron chi connectivity index (χ3n) is 5.37. The van der Waals surface area contributed by atoms with Gasteiger partial charge in [-0.3, -0.25) is 9.89 Å². The highest BCUT2D eigenvalue weighted by Gasteiger charge is 2.23. The molecule has 6 heteroatoms. The molecule has 2 aromatic rings. The molecule has 1 aliphatic rings. The van der Waals surface area contributed by atoms with Crippen molar-refractivity contribution in [1.29, 1.82) is 0 Å². The fourth-order valence-electron chi connectivity index (χ4n) is 3.77. The minimum absolute atomic E-state index is 0.282. The minimum atomic E-state index is 0.282. The van der Waals surface area contributed by atoms with E-state index in [4.69, 9.17) is 15.2 Å². The number of hydrogen-bond donors (Lipinski definition) is 2. The molecule has 6 nitrogen and oxygen atoms in total. The first-order chi connectivity index (χ1) is 14.2. The van der Waals surface area contributed by atoms with E-state index in [9.17, 15) is 0 Å². The fourth-order valence-corrected chi connectivity index (χ4v) is 3.77. The molecule has 1 saturated heterocycles. The Morgan fingerprint density at radius 3 is 2.48 bits per heavy atom. The highest BCUT2D eigenvalue weighted by Crippen LogP contribution is 2.27. The molecule has 156 valence electrons.